The Morgan fingerprint density at radius 1 is 1.05 bits per heavy atom. The average molecular weight is 284 g/mol. The number of benzene rings is 1. The summed E-state index contributed by atoms with van der Waals surface area (Å²) in [5, 5.41) is 11.1. The number of nitro groups is 1. The topological polar surface area (TPSA) is 43.1 Å². The van der Waals surface area contributed by atoms with Crippen LogP contribution in [0.3, 0.4) is 0 Å². The van der Waals surface area contributed by atoms with Gasteiger partial charge in [-0.1, -0.05) is 41.5 Å². The van der Waals surface area contributed by atoms with Gasteiger partial charge < -0.3 is 0 Å². The minimum Gasteiger partial charge on any atom is -0.258 e. The fourth-order valence-corrected chi connectivity index (χ4v) is 2.53. The van der Waals surface area contributed by atoms with Gasteiger partial charge in [-0.15, -0.1) is 11.6 Å². The van der Waals surface area contributed by atoms with Crippen LogP contribution in [0.15, 0.2) is 12.1 Å². The maximum atomic E-state index is 11.1. The molecule has 1 aromatic rings. The van der Waals surface area contributed by atoms with Crippen molar-refractivity contribution in [1.82, 2.24) is 0 Å². The lowest BCUT2D eigenvalue weighted by molar-refractivity contribution is -0.385. The molecule has 0 radical (unpaired) electrons. The Morgan fingerprint density at radius 3 is 1.63 bits per heavy atom. The van der Waals surface area contributed by atoms with Gasteiger partial charge in [0.1, 0.15) is 0 Å². The zero-order valence-electron chi connectivity index (χ0n) is 12.5. The number of nitrogens with zero attached hydrogens (tertiary/aromatic N) is 1. The monoisotopic (exact) mass is 283 g/mol. The number of alkyl halides is 1. The summed E-state index contributed by atoms with van der Waals surface area (Å²) in [5.74, 6) is 0.372. The Labute approximate surface area is 120 Å². The second-order valence-electron chi connectivity index (χ2n) is 6.91. The van der Waals surface area contributed by atoms with Crippen molar-refractivity contribution in [1.29, 1.82) is 0 Å². The summed E-state index contributed by atoms with van der Waals surface area (Å²) in [6.45, 7) is 12.3. The summed E-state index contributed by atoms with van der Waals surface area (Å²) in [6.07, 6.45) is 0. The average Bonchev–Trinajstić information content (AvgIpc) is 2.24. The third kappa shape index (κ3) is 3.47. The zero-order valence-corrected chi connectivity index (χ0v) is 13.3. The lowest BCUT2D eigenvalue weighted by atomic mass is 9.76. The highest BCUT2D eigenvalue weighted by Gasteiger charge is 2.28. The van der Waals surface area contributed by atoms with Gasteiger partial charge in [0, 0.05) is 18.0 Å². The maximum absolute atomic E-state index is 11.1. The first-order chi connectivity index (χ1) is 8.48. The third-order valence-electron chi connectivity index (χ3n) is 3.20. The van der Waals surface area contributed by atoms with Crippen LogP contribution in [-0.4, -0.2) is 4.92 Å². The van der Waals surface area contributed by atoms with Crippen molar-refractivity contribution in [3.05, 3.63) is 38.9 Å². The van der Waals surface area contributed by atoms with E-state index in [1.165, 1.54) is 0 Å². The summed E-state index contributed by atoms with van der Waals surface area (Å²) in [7, 11) is 0. The first kappa shape index (κ1) is 16.0. The lowest BCUT2D eigenvalue weighted by Gasteiger charge is -2.29. The van der Waals surface area contributed by atoms with E-state index in [0.717, 1.165) is 16.7 Å². The van der Waals surface area contributed by atoms with E-state index in [9.17, 15) is 10.1 Å². The summed E-state index contributed by atoms with van der Waals surface area (Å²) in [4.78, 5) is 10.8. The van der Waals surface area contributed by atoms with Crippen molar-refractivity contribution in [3.8, 4) is 0 Å². The van der Waals surface area contributed by atoms with Crippen molar-refractivity contribution >= 4 is 17.3 Å². The summed E-state index contributed by atoms with van der Waals surface area (Å²) >= 11 is 6.11. The highest BCUT2D eigenvalue weighted by atomic mass is 35.5. The van der Waals surface area contributed by atoms with E-state index in [-0.39, 0.29) is 21.4 Å². The van der Waals surface area contributed by atoms with Gasteiger partial charge in [0.15, 0.2) is 0 Å². The number of rotatable bonds is 2. The van der Waals surface area contributed by atoms with E-state index in [0.29, 0.717) is 5.88 Å². The van der Waals surface area contributed by atoms with Crippen molar-refractivity contribution in [2.45, 2.75) is 58.3 Å². The highest BCUT2D eigenvalue weighted by molar-refractivity contribution is 6.17. The number of halogens is 1. The predicted octanol–water partition coefficient (Wildman–Crippen LogP) is 4.93. The molecule has 19 heavy (non-hydrogen) atoms. The molecule has 0 saturated heterocycles. The van der Waals surface area contributed by atoms with Crippen molar-refractivity contribution in [2.75, 3.05) is 0 Å². The van der Waals surface area contributed by atoms with Gasteiger partial charge in [0.2, 0.25) is 0 Å². The Hall–Kier alpha value is -1.09. The smallest absolute Gasteiger partial charge is 0.258 e. The van der Waals surface area contributed by atoms with E-state index in [1.807, 2.05) is 0 Å². The van der Waals surface area contributed by atoms with Crippen molar-refractivity contribution in [2.24, 2.45) is 0 Å². The first-order valence-electron chi connectivity index (χ1n) is 6.36. The molecule has 0 heterocycles. The normalized spacial score (nSPS) is 12.6. The summed E-state index contributed by atoms with van der Waals surface area (Å²) in [6, 6.07) is 3.32. The van der Waals surface area contributed by atoms with Crippen molar-refractivity contribution < 1.29 is 4.92 Å². The van der Waals surface area contributed by atoms with Crippen molar-refractivity contribution in [3.63, 3.8) is 0 Å². The van der Waals surface area contributed by atoms with Crippen LogP contribution in [-0.2, 0) is 16.7 Å². The largest absolute Gasteiger partial charge is 0.270 e. The molecule has 0 aromatic heterocycles. The fraction of sp³-hybridized carbons (Fsp3) is 0.600. The number of nitro benzene ring substituents is 1. The molecule has 0 N–H and O–H groups in total. The van der Waals surface area contributed by atoms with Crippen LogP contribution in [0.2, 0.25) is 0 Å². The zero-order chi connectivity index (χ0) is 15.0. The molecule has 0 aliphatic rings. The molecule has 0 bridgehead atoms. The van der Waals surface area contributed by atoms with E-state index < -0.39 is 0 Å². The van der Waals surface area contributed by atoms with E-state index in [2.05, 4.69) is 41.5 Å². The molecule has 4 heteroatoms. The van der Waals surface area contributed by atoms with Gasteiger partial charge in [-0.25, -0.2) is 0 Å². The molecule has 0 saturated carbocycles. The molecular weight excluding hydrogens is 262 g/mol. The number of hydrogen-bond donors (Lipinski definition) is 0. The van der Waals surface area contributed by atoms with Crippen LogP contribution >= 0.6 is 11.6 Å². The molecule has 106 valence electrons. The molecule has 1 rings (SSSR count). The molecule has 0 spiro atoms. The number of hydrogen-bond acceptors (Lipinski definition) is 2. The minimum atomic E-state index is -0.331. The van der Waals surface area contributed by atoms with Gasteiger partial charge in [0.25, 0.3) is 5.69 Å². The Morgan fingerprint density at radius 2 is 1.42 bits per heavy atom. The second-order valence-corrected chi connectivity index (χ2v) is 7.18. The predicted molar refractivity (Wildman–Crippen MR) is 80.1 cm³/mol. The Balaban J connectivity index is 3.72. The van der Waals surface area contributed by atoms with Crippen LogP contribution in [0.1, 0.15) is 58.2 Å². The molecule has 0 unspecified atom stereocenters. The van der Waals surface area contributed by atoms with Crippen LogP contribution < -0.4 is 0 Å². The molecular formula is C15H22ClNO2. The SMILES string of the molecule is CC(C)(C)c1cc([N+](=O)[O-])cc(C(C)(C)C)c1CCl. The standard InChI is InChI=1S/C15H22ClNO2/c1-14(2,3)12-7-10(17(18)19)8-13(11(12)9-16)15(4,5)6/h7-8H,9H2,1-6H3. The second kappa shape index (κ2) is 5.12. The van der Waals surface area contributed by atoms with Gasteiger partial charge in [-0.2, -0.15) is 0 Å². The molecule has 0 aliphatic heterocycles. The van der Waals surface area contributed by atoms with E-state index in [4.69, 9.17) is 11.6 Å². The minimum absolute atomic E-state index is 0.142. The molecule has 0 atom stereocenters. The van der Waals surface area contributed by atoms with Gasteiger partial charge >= 0.3 is 0 Å². The highest BCUT2D eigenvalue weighted by Crippen LogP contribution is 2.37. The Bertz CT molecular complexity index is 461. The summed E-state index contributed by atoms with van der Waals surface area (Å²) < 4.78 is 0. The van der Waals surface area contributed by atoms with Gasteiger partial charge in [0.05, 0.1) is 4.92 Å². The third-order valence-corrected chi connectivity index (χ3v) is 3.46. The van der Waals surface area contributed by atoms with Gasteiger partial charge in [-0.3, -0.25) is 10.1 Å². The maximum Gasteiger partial charge on any atom is 0.270 e. The van der Waals surface area contributed by atoms with Crippen LogP contribution in [0.4, 0.5) is 5.69 Å². The van der Waals surface area contributed by atoms with E-state index in [1.54, 1.807) is 12.1 Å². The quantitative estimate of drug-likeness (QED) is 0.439. The summed E-state index contributed by atoms with van der Waals surface area (Å²) in [5.41, 5.74) is 2.74. The molecule has 3 nitrogen and oxygen atoms in total. The molecule has 1 aromatic carbocycles. The lowest BCUT2D eigenvalue weighted by Crippen LogP contribution is -2.21. The van der Waals surface area contributed by atoms with Crippen LogP contribution in [0.25, 0.3) is 0 Å². The molecule has 0 amide bonds. The van der Waals surface area contributed by atoms with Crippen LogP contribution in [0.5, 0.6) is 0 Å². The Kier molecular flexibility index (Phi) is 4.30. The van der Waals surface area contributed by atoms with Gasteiger partial charge in [-0.05, 0) is 27.5 Å². The molecule has 0 fully saturated rings. The molecule has 0 aliphatic carbocycles. The van der Waals surface area contributed by atoms with Crippen LogP contribution in [0, 0.1) is 10.1 Å². The first-order valence-corrected chi connectivity index (χ1v) is 6.90. The fourth-order valence-electron chi connectivity index (χ4n) is 2.24. The number of non-ortho nitro benzene ring substituents is 1. The van der Waals surface area contributed by atoms with E-state index >= 15 is 0 Å².